The van der Waals surface area contributed by atoms with E-state index in [1.165, 1.54) is 0 Å². The predicted molar refractivity (Wildman–Crippen MR) is 88.6 cm³/mol. The lowest BCUT2D eigenvalue weighted by Gasteiger charge is -2.28. The maximum Gasteiger partial charge on any atom is 0.120 e. The second-order valence-electron chi connectivity index (χ2n) is 5.28. The van der Waals surface area contributed by atoms with E-state index in [0.717, 1.165) is 29.1 Å². The van der Waals surface area contributed by atoms with E-state index in [1.807, 2.05) is 42.5 Å². The van der Waals surface area contributed by atoms with Crippen molar-refractivity contribution in [1.82, 2.24) is 0 Å². The third kappa shape index (κ3) is 2.20. The van der Waals surface area contributed by atoms with Crippen LogP contribution in [-0.2, 0) is 0 Å². The minimum absolute atomic E-state index is 0.0641. The normalized spacial score (nSPS) is 19.6. The molecule has 2 unspecified atom stereocenters. The molecule has 3 rings (SSSR count). The molecule has 0 radical (unpaired) electrons. The molecule has 0 saturated heterocycles. The summed E-state index contributed by atoms with van der Waals surface area (Å²) in [6, 6.07) is 16.0. The van der Waals surface area contributed by atoms with Crippen molar-refractivity contribution in [2.75, 3.05) is 18.6 Å². The fraction of sp³-hybridized carbons (Fsp3) is 0.278. The van der Waals surface area contributed by atoms with Crippen LogP contribution in [0, 0.1) is 11.3 Å². The maximum atomic E-state index is 9.72. The molecule has 0 bridgehead atoms. The Balaban J connectivity index is 2.16. The van der Waals surface area contributed by atoms with Crippen molar-refractivity contribution >= 4 is 17.3 Å². The Morgan fingerprint density at radius 3 is 2.64 bits per heavy atom. The summed E-state index contributed by atoms with van der Waals surface area (Å²) < 4.78 is 5.33. The molecule has 22 heavy (non-hydrogen) atoms. The molecule has 0 fully saturated rings. The lowest BCUT2D eigenvalue weighted by Crippen LogP contribution is -2.26. The molecule has 0 aliphatic carbocycles. The molecule has 4 heteroatoms. The van der Waals surface area contributed by atoms with Gasteiger partial charge in [0.1, 0.15) is 5.75 Å². The van der Waals surface area contributed by atoms with Crippen LogP contribution in [0.25, 0.3) is 0 Å². The van der Waals surface area contributed by atoms with E-state index in [0.29, 0.717) is 5.02 Å². The van der Waals surface area contributed by atoms with E-state index in [4.69, 9.17) is 16.3 Å². The second-order valence-corrected chi connectivity index (χ2v) is 5.69. The Labute approximate surface area is 135 Å². The third-order valence-electron chi connectivity index (χ3n) is 4.24. The number of methoxy groups -OCH3 is 1. The van der Waals surface area contributed by atoms with Crippen LogP contribution < -0.4 is 9.64 Å². The Morgan fingerprint density at radius 1 is 1.23 bits per heavy atom. The van der Waals surface area contributed by atoms with Crippen LogP contribution in [-0.4, -0.2) is 13.7 Å². The highest BCUT2D eigenvalue weighted by molar-refractivity contribution is 6.31. The Hall–Kier alpha value is -2.18. The van der Waals surface area contributed by atoms with Gasteiger partial charge < -0.3 is 9.64 Å². The first-order valence-electron chi connectivity index (χ1n) is 7.29. The number of halogens is 1. The molecule has 1 heterocycles. The van der Waals surface area contributed by atoms with Crippen LogP contribution >= 0.6 is 11.6 Å². The molecule has 1 aliphatic heterocycles. The summed E-state index contributed by atoms with van der Waals surface area (Å²) in [5, 5.41) is 10.4. The van der Waals surface area contributed by atoms with Crippen LogP contribution in [0.1, 0.15) is 30.0 Å². The van der Waals surface area contributed by atoms with Crippen molar-refractivity contribution in [3.05, 3.63) is 58.6 Å². The van der Waals surface area contributed by atoms with Crippen molar-refractivity contribution in [2.45, 2.75) is 18.9 Å². The summed E-state index contributed by atoms with van der Waals surface area (Å²) in [6.45, 7) is 2.89. The Morgan fingerprint density at radius 2 is 2.00 bits per heavy atom. The van der Waals surface area contributed by atoms with Gasteiger partial charge in [-0.2, -0.15) is 5.26 Å². The minimum atomic E-state index is -0.235. The van der Waals surface area contributed by atoms with E-state index in [2.05, 4.69) is 17.9 Å². The van der Waals surface area contributed by atoms with Crippen LogP contribution in [0.5, 0.6) is 5.75 Å². The van der Waals surface area contributed by atoms with E-state index in [1.54, 1.807) is 7.11 Å². The minimum Gasteiger partial charge on any atom is -0.497 e. The van der Waals surface area contributed by atoms with Gasteiger partial charge in [0.25, 0.3) is 0 Å². The lowest BCUT2D eigenvalue weighted by molar-refractivity contribution is 0.415. The van der Waals surface area contributed by atoms with Gasteiger partial charge in [0.05, 0.1) is 25.1 Å². The van der Waals surface area contributed by atoms with Gasteiger partial charge in [0, 0.05) is 23.3 Å². The zero-order chi connectivity index (χ0) is 15.7. The van der Waals surface area contributed by atoms with Gasteiger partial charge in [-0.3, -0.25) is 0 Å². The van der Waals surface area contributed by atoms with Gasteiger partial charge in [-0.05, 0) is 30.2 Å². The number of benzene rings is 2. The SMILES string of the molecule is CCN1c2cc(OC)ccc2C(C#N)C1c1ccccc1Cl. The van der Waals surface area contributed by atoms with E-state index >= 15 is 0 Å². The van der Waals surface area contributed by atoms with E-state index in [9.17, 15) is 5.26 Å². The monoisotopic (exact) mass is 312 g/mol. The molecule has 0 N–H and O–H groups in total. The molecule has 3 nitrogen and oxygen atoms in total. The van der Waals surface area contributed by atoms with Crippen LogP contribution in [0.3, 0.4) is 0 Å². The summed E-state index contributed by atoms with van der Waals surface area (Å²) in [6.07, 6.45) is 0. The molecule has 2 aromatic carbocycles. The largest absolute Gasteiger partial charge is 0.497 e. The summed E-state index contributed by atoms with van der Waals surface area (Å²) >= 11 is 6.39. The first kappa shape index (κ1) is 14.7. The van der Waals surface area contributed by atoms with Crippen LogP contribution in [0.15, 0.2) is 42.5 Å². The maximum absolute atomic E-state index is 9.72. The smallest absolute Gasteiger partial charge is 0.120 e. The number of hydrogen-bond acceptors (Lipinski definition) is 3. The molecular weight excluding hydrogens is 296 g/mol. The van der Waals surface area contributed by atoms with Gasteiger partial charge in [0.2, 0.25) is 0 Å². The topological polar surface area (TPSA) is 36.3 Å². The fourth-order valence-corrected chi connectivity index (χ4v) is 3.48. The highest BCUT2D eigenvalue weighted by Gasteiger charge is 2.40. The highest BCUT2D eigenvalue weighted by Crippen LogP contribution is 2.50. The van der Waals surface area contributed by atoms with Crippen molar-refractivity contribution in [3.8, 4) is 11.8 Å². The van der Waals surface area contributed by atoms with Gasteiger partial charge in [-0.15, -0.1) is 0 Å². The standard InChI is InChI=1S/C18H17ClN2O/c1-3-21-17-10-12(22-2)8-9-13(17)15(11-20)18(21)14-6-4-5-7-16(14)19/h4-10,15,18H,3H2,1-2H3. The molecule has 112 valence electrons. The van der Waals surface area contributed by atoms with Crippen molar-refractivity contribution in [1.29, 1.82) is 5.26 Å². The van der Waals surface area contributed by atoms with Crippen LogP contribution in [0.4, 0.5) is 5.69 Å². The van der Waals surface area contributed by atoms with E-state index in [-0.39, 0.29) is 12.0 Å². The Kier molecular flexibility index (Phi) is 3.96. The number of likely N-dealkylation sites (N-methyl/N-ethyl adjacent to an activating group) is 1. The quantitative estimate of drug-likeness (QED) is 0.835. The summed E-state index contributed by atoms with van der Waals surface area (Å²) in [5.74, 6) is 0.564. The van der Waals surface area contributed by atoms with Gasteiger partial charge in [-0.25, -0.2) is 0 Å². The summed E-state index contributed by atoms with van der Waals surface area (Å²) in [4.78, 5) is 2.23. The van der Waals surface area contributed by atoms with Crippen molar-refractivity contribution in [2.24, 2.45) is 0 Å². The predicted octanol–water partition coefficient (Wildman–Crippen LogP) is 4.54. The second kappa shape index (κ2) is 5.90. The first-order valence-corrected chi connectivity index (χ1v) is 7.67. The molecule has 2 atom stereocenters. The average molecular weight is 313 g/mol. The lowest BCUT2D eigenvalue weighted by atomic mass is 9.91. The Bertz CT molecular complexity index is 738. The van der Waals surface area contributed by atoms with E-state index < -0.39 is 0 Å². The molecule has 0 saturated carbocycles. The number of rotatable bonds is 3. The molecule has 0 amide bonds. The number of nitrogens with zero attached hydrogens (tertiary/aromatic N) is 2. The number of anilines is 1. The summed E-state index contributed by atoms with van der Waals surface area (Å²) in [5.41, 5.74) is 3.08. The van der Waals surface area contributed by atoms with Gasteiger partial charge in [-0.1, -0.05) is 35.9 Å². The number of hydrogen-bond donors (Lipinski definition) is 0. The van der Waals surface area contributed by atoms with Gasteiger partial charge in [0.15, 0.2) is 0 Å². The number of ether oxygens (including phenoxy) is 1. The average Bonchev–Trinajstić information content (AvgIpc) is 2.87. The van der Waals surface area contributed by atoms with Gasteiger partial charge >= 0.3 is 0 Å². The molecule has 0 aromatic heterocycles. The molecule has 2 aromatic rings. The third-order valence-corrected chi connectivity index (χ3v) is 4.58. The highest BCUT2D eigenvalue weighted by atomic mass is 35.5. The van der Waals surface area contributed by atoms with Crippen molar-refractivity contribution < 1.29 is 4.74 Å². The number of nitriles is 1. The summed E-state index contributed by atoms with van der Waals surface area (Å²) in [7, 11) is 1.65. The molecular formula is C18H17ClN2O. The zero-order valence-corrected chi connectivity index (χ0v) is 13.3. The van der Waals surface area contributed by atoms with Crippen molar-refractivity contribution in [3.63, 3.8) is 0 Å². The molecule has 1 aliphatic rings. The molecule has 0 spiro atoms. The fourth-order valence-electron chi connectivity index (χ4n) is 3.23. The zero-order valence-electron chi connectivity index (χ0n) is 12.6. The van der Waals surface area contributed by atoms with Crippen LogP contribution in [0.2, 0.25) is 5.02 Å². The first-order chi connectivity index (χ1) is 10.7. The number of fused-ring (bicyclic) bond motifs is 1.